The third-order valence-corrected chi connectivity index (χ3v) is 0.848. The first-order valence-corrected chi connectivity index (χ1v) is 2.58. The molecule has 0 saturated heterocycles. The van der Waals surface area contributed by atoms with E-state index in [4.69, 9.17) is 5.11 Å². The van der Waals surface area contributed by atoms with Gasteiger partial charge < -0.3 is 6.53 Å². The monoisotopic (exact) mass is 138 g/mol. The SMILES string of the molecule is CCC=C(C)C(=O)O.[H-].[Na+]. The summed E-state index contributed by atoms with van der Waals surface area (Å²) in [7, 11) is 0. The molecule has 0 aliphatic heterocycles. The molecule has 0 atom stereocenters. The topological polar surface area (TPSA) is 37.3 Å². The molecule has 0 amide bonds. The Labute approximate surface area is 78.7 Å². The van der Waals surface area contributed by atoms with Gasteiger partial charge in [-0.3, -0.25) is 0 Å². The van der Waals surface area contributed by atoms with Crippen LogP contribution in [-0.4, -0.2) is 11.1 Å². The minimum absolute atomic E-state index is 0. The van der Waals surface area contributed by atoms with Crippen molar-refractivity contribution in [3.8, 4) is 0 Å². The largest absolute Gasteiger partial charge is 1.00 e. The van der Waals surface area contributed by atoms with Crippen molar-refractivity contribution in [1.29, 1.82) is 0 Å². The van der Waals surface area contributed by atoms with Crippen molar-refractivity contribution in [3.05, 3.63) is 11.6 Å². The van der Waals surface area contributed by atoms with Gasteiger partial charge in [0.1, 0.15) is 0 Å². The van der Waals surface area contributed by atoms with E-state index in [0.29, 0.717) is 5.57 Å². The third-order valence-electron chi connectivity index (χ3n) is 0.848. The molecule has 0 saturated carbocycles. The summed E-state index contributed by atoms with van der Waals surface area (Å²) in [6.07, 6.45) is 2.47. The van der Waals surface area contributed by atoms with E-state index in [-0.39, 0.29) is 31.0 Å². The van der Waals surface area contributed by atoms with Crippen LogP contribution in [0.5, 0.6) is 0 Å². The van der Waals surface area contributed by atoms with Crippen molar-refractivity contribution < 1.29 is 40.9 Å². The van der Waals surface area contributed by atoms with Crippen LogP contribution in [0.25, 0.3) is 0 Å². The van der Waals surface area contributed by atoms with Gasteiger partial charge in [0.05, 0.1) is 0 Å². The maximum Gasteiger partial charge on any atom is 1.00 e. The van der Waals surface area contributed by atoms with Crippen LogP contribution in [0, 0.1) is 0 Å². The zero-order valence-electron chi connectivity index (χ0n) is 7.14. The normalized spacial score (nSPS) is 10.2. The molecule has 0 fully saturated rings. The summed E-state index contributed by atoms with van der Waals surface area (Å²) >= 11 is 0. The molecule has 0 aromatic heterocycles. The van der Waals surface area contributed by atoms with E-state index in [9.17, 15) is 4.79 Å². The maximum absolute atomic E-state index is 10.0. The Bertz CT molecular complexity index is 123. The molecule has 0 radical (unpaired) electrons. The zero-order valence-corrected chi connectivity index (χ0v) is 8.14. The molecule has 1 N–H and O–H groups in total. The van der Waals surface area contributed by atoms with E-state index in [0.717, 1.165) is 6.42 Å². The number of rotatable bonds is 2. The Morgan fingerprint density at radius 1 is 1.78 bits per heavy atom. The summed E-state index contributed by atoms with van der Waals surface area (Å²) in [6.45, 7) is 3.50. The first-order chi connectivity index (χ1) is 3.68. The number of carboxylic acids is 1. The van der Waals surface area contributed by atoms with Crippen molar-refractivity contribution in [3.63, 3.8) is 0 Å². The molecule has 0 aliphatic rings. The average Bonchev–Trinajstić information content (AvgIpc) is 1.67. The molecule has 3 heteroatoms. The molecule has 9 heavy (non-hydrogen) atoms. The molecule has 0 aliphatic carbocycles. The van der Waals surface area contributed by atoms with Gasteiger partial charge in [0, 0.05) is 5.57 Å². The average molecular weight is 138 g/mol. The van der Waals surface area contributed by atoms with Gasteiger partial charge in [-0.25, -0.2) is 4.79 Å². The molecule has 0 rings (SSSR count). The molecule has 0 bridgehead atoms. The number of hydrogen-bond donors (Lipinski definition) is 1. The van der Waals surface area contributed by atoms with Gasteiger partial charge >= 0.3 is 35.5 Å². The fourth-order valence-corrected chi connectivity index (χ4v) is 0.393. The summed E-state index contributed by atoms with van der Waals surface area (Å²) in [5.74, 6) is -0.827. The predicted octanol–water partition coefficient (Wildman–Crippen LogP) is -1.46. The van der Waals surface area contributed by atoms with E-state index < -0.39 is 5.97 Å². The van der Waals surface area contributed by atoms with Crippen molar-refractivity contribution >= 4 is 5.97 Å². The summed E-state index contributed by atoms with van der Waals surface area (Å²) in [5.41, 5.74) is 0.424. The first-order valence-electron chi connectivity index (χ1n) is 2.58. The fraction of sp³-hybridized carbons (Fsp3) is 0.500. The second kappa shape index (κ2) is 6.33. The Hall–Kier alpha value is 0.210. The van der Waals surface area contributed by atoms with Crippen molar-refractivity contribution in [2.24, 2.45) is 0 Å². The Balaban J connectivity index is -0.000000245. The van der Waals surface area contributed by atoms with Crippen LogP contribution in [0.4, 0.5) is 0 Å². The molecule has 0 heterocycles. The van der Waals surface area contributed by atoms with Crippen LogP contribution in [-0.2, 0) is 4.79 Å². The van der Waals surface area contributed by atoms with Crippen molar-refractivity contribution in [2.75, 3.05) is 0 Å². The molecule has 0 unspecified atom stereocenters. The number of hydrogen-bond acceptors (Lipinski definition) is 1. The number of carbonyl (C=O) groups is 1. The van der Waals surface area contributed by atoms with Crippen molar-refractivity contribution in [1.82, 2.24) is 0 Å². The Morgan fingerprint density at radius 2 is 2.22 bits per heavy atom. The van der Waals surface area contributed by atoms with Gasteiger partial charge in [-0.1, -0.05) is 13.0 Å². The Kier molecular flexibility index (Phi) is 8.40. The smallest absolute Gasteiger partial charge is 1.00 e. The van der Waals surface area contributed by atoms with E-state index in [2.05, 4.69) is 0 Å². The Morgan fingerprint density at radius 3 is 2.33 bits per heavy atom. The van der Waals surface area contributed by atoms with E-state index in [1.165, 1.54) is 0 Å². The van der Waals surface area contributed by atoms with Crippen LogP contribution < -0.4 is 29.6 Å². The molecule has 2 nitrogen and oxygen atoms in total. The number of carboxylic acid groups (broad SMARTS) is 1. The molecule has 0 aromatic rings. The molecule has 0 aromatic carbocycles. The molecular weight excluding hydrogens is 127 g/mol. The minimum Gasteiger partial charge on any atom is -1.00 e. The zero-order chi connectivity index (χ0) is 6.57. The first kappa shape index (κ1) is 11.9. The van der Waals surface area contributed by atoms with Gasteiger partial charge in [0.15, 0.2) is 0 Å². The molecule has 0 spiro atoms. The van der Waals surface area contributed by atoms with Gasteiger partial charge in [-0.15, -0.1) is 0 Å². The van der Waals surface area contributed by atoms with Crippen LogP contribution in [0.2, 0.25) is 0 Å². The second-order valence-corrected chi connectivity index (χ2v) is 1.60. The fourth-order valence-electron chi connectivity index (χ4n) is 0.393. The molecule has 48 valence electrons. The summed E-state index contributed by atoms with van der Waals surface area (Å²) < 4.78 is 0. The van der Waals surface area contributed by atoms with E-state index >= 15 is 0 Å². The van der Waals surface area contributed by atoms with Gasteiger partial charge in [-0.2, -0.15) is 0 Å². The van der Waals surface area contributed by atoms with Crippen LogP contribution >= 0.6 is 0 Å². The van der Waals surface area contributed by atoms with Crippen LogP contribution in [0.3, 0.4) is 0 Å². The maximum atomic E-state index is 10.0. The van der Waals surface area contributed by atoms with Gasteiger partial charge in [0.2, 0.25) is 0 Å². The van der Waals surface area contributed by atoms with E-state index in [1.807, 2.05) is 6.92 Å². The minimum atomic E-state index is -0.827. The third kappa shape index (κ3) is 6.09. The standard InChI is InChI=1S/C6H10O2.Na.H/c1-3-4-5(2)6(7)8;;/h4H,3H2,1-2H3,(H,7,8);;/q;+1;-1. The molecular formula is C6H11NaO2. The number of aliphatic carboxylic acids is 1. The second-order valence-electron chi connectivity index (χ2n) is 1.60. The summed E-state index contributed by atoms with van der Waals surface area (Å²) in [5, 5.41) is 8.24. The summed E-state index contributed by atoms with van der Waals surface area (Å²) in [4.78, 5) is 10.0. The summed E-state index contributed by atoms with van der Waals surface area (Å²) in [6, 6.07) is 0. The van der Waals surface area contributed by atoms with Crippen LogP contribution in [0.1, 0.15) is 21.7 Å². The number of allylic oxidation sites excluding steroid dienone is 1. The van der Waals surface area contributed by atoms with Crippen molar-refractivity contribution in [2.45, 2.75) is 20.3 Å². The predicted molar refractivity (Wildman–Crippen MR) is 32.8 cm³/mol. The van der Waals surface area contributed by atoms with Gasteiger partial charge in [-0.05, 0) is 13.3 Å². The van der Waals surface area contributed by atoms with Gasteiger partial charge in [0.25, 0.3) is 0 Å². The van der Waals surface area contributed by atoms with Crippen LogP contribution in [0.15, 0.2) is 11.6 Å². The van der Waals surface area contributed by atoms with E-state index in [1.54, 1.807) is 13.0 Å². The quantitative estimate of drug-likeness (QED) is 0.374.